The number of hydrogen-bond acceptors (Lipinski definition) is 3. The smallest absolute Gasteiger partial charge is 0.0419 e. The van der Waals surface area contributed by atoms with Crippen molar-refractivity contribution in [3.63, 3.8) is 0 Å². The molecule has 2 aromatic rings. The van der Waals surface area contributed by atoms with Gasteiger partial charge >= 0.3 is 0 Å². The maximum absolute atomic E-state index is 5.78. The van der Waals surface area contributed by atoms with Crippen molar-refractivity contribution in [2.45, 2.75) is 38.1 Å². The van der Waals surface area contributed by atoms with Gasteiger partial charge in [-0.05, 0) is 41.9 Å². The van der Waals surface area contributed by atoms with Gasteiger partial charge in [0, 0.05) is 24.4 Å². The molecule has 0 spiro atoms. The zero-order chi connectivity index (χ0) is 14.7. The molecule has 1 fully saturated rings. The summed E-state index contributed by atoms with van der Waals surface area (Å²) in [7, 11) is 0. The van der Waals surface area contributed by atoms with Crippen LogP contribution in [0, 0.1) is 5.92 Å². The Hall–Kier alpha value is -1.71. The molecule has 1 aliphatic carbocycles. The molecule has 21 heavy (non-hydrogen) atoms. The lowest BCUT2D eigenvalue weighted by atomic mass is 10.0. The standard InChI is InChI=1S/C18H23N3/c1-2-13-8-9-15(20-12-13)10-18(21-19)17-11-16(17)14-6-4-3-5-7-14/h3-9,12,16-18,21H,2,10-11,19H2,1H3. The minimum absolute atomic E-state index is 0.301. The summed E-state index contributed by atoms with van der Waals surface area (Å²) in [5, 5.41) is 0. The van der Waals surface area contributed by atoms with E-state index < -0.39 is 0 Å². The number of aryl methyl sites for hydroxylation is 1. The van der Waals surface area contributed by atoms with E-state index in [1.54, 1.807) is 0 Å². The van der Waals surface area contributed by atoms with Gasteiger partial charge in [-0.3, -0.25) is 16.3 Å². The molecule has 1 heterocycles. The summed E-state index contributed by atoms with van der Waals surface area (Å²) < 4.78 is 0. The van der Waals surface area contributed by atoms with E-state index in [0.717, 1.165) is 18.5 Å². The highest BCUT2D eigenvalue weighted by Crippen LogP contribution is 2.49. The van der Waals surface area contributed by atoms with Gasteiger partial charge in [-0.15, -0.1) is 0 Å². The van der Waals surface area contributed by atoms with E-state index in [0.29, 0.717) is 17.9 Å². The van der Waals surface area contributed by atoms with E-state index in [4.69, 9.17) is 5.84 Å². The number of hydrazine groups is 1. The summed E-state index contributed by atoms with van der Waals surface area (Å²) in [4.78, 5) is 4.55. The predicted molar refractivity (Wildman–Crippen MR) is 85.7 cm³/mol. The van der Waals surface area contributed by atoms with Crippen molar-refractivity contribution in [2.24, 2.45) is 11.8 Å². The number of nitrogens with zero attached hydrogens (tertiary/aromatic N) is 1. The molecule has 1 aromatic heterocycles. The van der Waals surface area contributed by atoms with E-state index in [2.05, 4.69) is 59.8 Å². The van der Waals surface area contributed by atoms with Crippen LogP contribution in [0.5, 0.6) is 0 Å². The fourth-order valence-corrected chi connectivity index (χ4v) is 3.09. The first kappa shape index (κ1) is 14.2. The van der Waals surface area contributed by atoms with E-state index in [1.165, 1.54) is 17.5 Å². The Labute approximate surface area is 126 Å². The highest BCUT2D eigenvalue weighted by atomic mass is 15.2. The van der Waals surface area contributed by atoms with Crippen LogP contribution in [0.1, 0.15) is 36.1 Å². The van der Waals surface area contributed by atoms with Crippen LogP contribution in [0.15, 0.2) is 48.7 Å². The lowest BCUT2D eigenvalue weighted by Crippen LogP contribution is -2.39. The van der Waals surface area contributed by atoms with Crippen molar-refractivity contribution in [1.29, 1.82) is 0 Å². The molecule has 3 nitrogen and oxygen atoms in total. The van der Waals surface area contributed by atoms with Gasteiger partial charge in [-0.25, -0.2) is 0 Å². The molecule has 0 bridgehead atoms. The Bertz CT molecular complexity index is 565. The molecule has 1 aromatic carbocycles. The minimum Gasteiger partial charge on any atom is -0.271 e. The summed E-state index contributed by atoms with van der Waals surface area (Å²) in [6.45, 7) is 2.15. The second kappa shape index (κ2) is 6.37. The first-order valence-electron chi connectivity index (χ1n) is 7.76. The molecular formula is C18H23N3. The number of rotatable bonds is 6. The van der Waals surface area contributed by atoms with E-state index in [9.17, 15) is 0 Å². The molecule has 3 unspecified atom stereocenters. The molecular weight excluding hydrogens is 258 g/mol. The van der Waals surface area contributed by atoms with Gasteiger partial charge in [0.05, 0.1) is 0 Å². The molecule has 0 saturated heterocycles. The second-order valence-corrected chi connectivity index (χ2v) is 5.91. The Morgan fingerprint density at radius 3 is 2.67 bits per heavy atom. The fourth-order valence-electron chi connectivity index (χ4n) is 3.09. The summed E-state index contributed by atoms with van der Waals surface area (Å²) >= 11 is 0. The fraction of sp³-hybridized carbons (Fsp3) is 0.389. The minimum atomic E-state index is 0.301. The number of nitrogens with one attached hydrogen (secondary N) is 1. The molecule has 1 aliphatic rings. The van der Waals surface area contributed by atoms with Gasteiger partial charge < -0.3 is 0 Å². The van der Waals surface area contributed by atoms with Gasteiger partial charge in [-0.1, -0.05) is 43.3 Å². The molecule has 1 saturated carbocycles. The maximum atomic E-state index is 5.78. The topological polar surface area (TPSA) is 50.9 Å². The Kier molecular flexibility index (Phi) is 4.32. The van der Waals surface area contributed by atoms with Crippen LogP contribution in [-0.4, -0.2) is 11.0 Å². The van der Waals surface area contributed by atoms with Crippen LogP contribution in [-0.2, 0) is 12.8 Å². The van der Waals surface area contributed by atoms with Crippen molar-refractivity contribution >= 4 is 0 Å². The van der Waals surface area contributed by atoms with Gasteiger partial charge in [0.25, 0.3) is 0 Å². The first-order valence-corrected chi connectivity index (χ1v) is 7.76. The third-order valence-corrected chi connectivity index (χ3v) is 4.52. The highest BCUT2D eigenvalue weighted by molar-refractivity contribution is 5.27. The summed E-state index contributed by atoms with van der Waals surface area (Å²) in [6, 6.07) is 15.3. The Morgan fingerprint density at radius 2 is 2.05 bits per heavy atom. The van der Waals surface area contributed by atoms with Crippen molar-refractivity contribution in [3.05, 3.63) is 65.5 Å². The number of hydrogen-bond donors (Lipinski definition) is 2. The SMILES string of the molecule is CCc1ccc(CC(NN)C2CC2c2ccccc2)nc1. The van der Waals surface area contributed by atoms with Crippen LogP contribution in [0.4, 0.5) is 0 Å². The van der Waals surface area contributed by atoms with Crippen molar-refractivity contribution in [3.8, 4) is 0 Å². The summed E-state index contributed by atoms with van der Waals surface area (Å²) in [6.07, 6.45) is 5.12. The lowest BCUT2D eigenvalue weighted by molar-refractivity contribution is 0.460. The average molecular weight is 281 g/mol. The van der Waals surface area contributed by atoms with E-state index in [-0.39, 0.29) is 0 Å². The van der Waals surface area contributed by atoms with Crippen molar-refractivity contribution in [2.75, 3.05) is 0 Å². The quantitative estimate of drug-likeness (QED) is 0.632. The van der Waals surface area contributed by atoms with E-state index >= 15 is 0 Å². The number of aromatic nitrogens is 1. The zero-order valence-electron chi connectivity index (χ0n) is 12.5. The third-order valence-electron chi connectivity index (χ3n) is 4.52. The largest absolute Gasteiger partial charge is 0.271 e. The average Bonchev–Trinajstić information content (AvgIpc) is 3.34. The summed E-state index contributed by atoms with van der Waals surface area (Å²) in [5.74, 6) is 7.04. The monoisotopic (exact) mass is 281 g/mol. The molecule has 0 amide bonds. The maximum Gasteiger partial charge on any atom is 0.0419 e. The molecule has 3 atom stereocenters. The highest BCUT2D eigenvalue weighted by Gasteiger charge is 2.43. The zero-order valence-corrected chi connectivity index (χ0v) is 12.5. The molecule has 0 radical (unpaired) electrons. The first-order chi connectivity index (χ1) is 10.3. The van der Waals surface area contributed by atoms with E-state index in [1.807, 2.05) is 6.20 Å². The van der Waals surface area contributed by atoms with Crippen LogP contribution in [0.3, 0.4) is 0 Å². The predicted octanol–water partition coefficient (Wildman–Crippen LogP) is 2.82. The summed E-state index contributed by atoms with van der Waals surface area (Å²) in [5.41, 5.74) is 6.83. The molecule has 3 rings (SSSR count). The lowest BCUT2D eigenvalue weighted by Gasteiger charge is -2.16. The van der Waals surface area contributed by atoms with Gasteiger partial charge in [0.15, 0.2) is 0 Å². The molecule has 3 heteroatoms. The van der Waals surface area contributed by atoms with Gasteiger partial charge in [0.1, 0.15) is 0 Å². The third kappa shape index (κ3) is 3.31. The van der Waals surface area contributed by atoms with Crippen molar-refractivity contribution in [1.82, 2.24) is 10.4 Å². The number of benzene rings is 1. The van der Waals surface area contributed by atoms with Crippen LogP contribution in [0.2, 0.25) is 0 Å². The number of nitrogens with two attached hydrogens (primary N) is 1. The Balaban J connectivity index is 1.64. The van der Waals surface area contributed by atoms with Gasteiger partial charge in [-0.2, -0.15) is 0 Å². The van der Waals surface area contributed by atoms with Crippen LogP contribution >= 0.6 is 0 Å². The molecule has 3 N–H and O–H groups in total. The van der Waals surface area contributed by atoms with Crippen LogP contribution < -0.4 is 11.3 Å². The normalized spacial score (nSPS) is 22.0. The number of pyridine rings is 1. The Morgan fingerprint density at radius 1 is 1.24 bits per heavy atom. The second-order valence-electron chi connectivity index (χ2n) is 5.91. The molecule has 110 valence electrons. The van der Waals surface area contributed by atoms with Crippen LogP contribution in [0.25, 0.3) is 0 Å². The molecule has 0 aliphatic heterocycles. The van der Waals surface area contributed by atoms with Crippen molar-refractivity contribution < 1.29 is 0 Å². The van der Waals surface area contributed by atoms with Gasteiger partial charge in [0.2, 0.25) is 0 Å².